The minimum atomic E-state index is -0.955. The topological polar surface area (TPSA) is 99.5 Å². The molecule has 2 aromatic rings. The fraction of sp³-hybridized carbons (Fsp3) is 0.133. The number of hydrogen-bond acceptors (Lipinski definition) is 4. The zero-order valence-electron chi connectivity index (χ0n) is 11.1. The number of nitrogens with one attached hydrogen (secondary N) is 1. The molecule has 0 radical (unpaired) electrons. The van der Waals surface area contributed by atoms with Gasteiger partial charge in [-0.05, 0) is 29.8 Å². The van der Waals surface area contributed by atoms with Crippen LogP contribution in [0.4, 0.5) is 5.69 Å². The highest BCUT2D eigenvalue weighted by atomic mass is 16.4. The summed E-state index contributed by atoms with van der Waals surface area (Å²) in [7, 11) is 0. The highest BCUT2D eigenvalue weighted by Gasteiger charge is 2.07. The van der Waals surface area contributed by atoms with Gasteiger partial charge in [0, 0.05) is 5.56 Å². The Bertz CT molecular complexity index is 636. The normalized spacial score (nSPS) is 10.1. The lowest BCUT2D eigenvalue weighted by molar-refractivity contribution is -0.136. The van der Waals surface area contributed by atoms with Crippen molar-refractivity contribution in [3.8, 4) is 0 Å². The SMILES string of the molecule is O=C(O)Cc1ccc(NC(=O)c2ccc(CO)cc2)cn1. The zero-order valence-corrected chi connectivity index (χ0v) is 11.1. The first-order chi connectivity index (χ1) is 10.1. The molecule has 0 bridgehead atoms. The number of carboxylic acid groups (broad SMARTS) is 1. The second-order valence-electron chi connectivity index (χ2n) is 4.42. The Labute approximate surface area is 121 Å². The highest BCUT2D eigenvalue weighted by molar-refractivity contribution is 6.04. The molecular weight excluding hydrogens is 272 g/mol. The van der Waals surface area contributed by atoms with Gasteiger partial charge in [0.1, 0.15) is 0 Å². The van der Waals surface area contributed by atoms with Gasteiger partial charge in [0.2, 0.25) is 0 Å². The van der Waals surface area contributed by atoms with E-state index in [-0.39, 0.29) is 18.9 Å². The number of nitrogens with zero attached hydrogens (tertiary/aromatic N) is 1. The number of anilines is 1. The van der Waals surface area contributed by atoms with Gasteiger partial charge in [-0.1, -0.05) is 12.1 Å². The summed E-state index contributed by atoms with van der Waals surface area (Å²) in [5.41, 5.74) is 2.10. The number of benzene rings is 1. The molecule has 0 aliphatic heterocycles. The second-order valence-corrected chi connectivity index (χ2v) is 4.42. The molecule has 6 heteroatoms. The maximum atomic E-state index is 12.0. The Morgan fingerprint density at radius 2 is 1.81 bits per heavy atom. The van der Waals surface area contributed by atoms with Gasteiger partial charge >= 0.3 is 5.97 Å². The first kappa shape index (κ1) is 14.7. The van der Waals surface area contributed by atoms with E-state index >= 15 is 0 Å². The summed E-state index contributed by atoms with van der Waals surface area (Å²) in [6.45, 7) is -0.0726. The molecule has 3 N–H and O–H groups in total. The van der Waals surface area contributed by atoms with Gasteiger partial charge in [-0.3, -0.25) is 14.6 Å². The average molecular weight is 286 g/mol. The number of carbonyl (C=O) groups is 2. The number of hydrogen-bond donors (Lipinski definition) is 3. The van der Waals surface area contributed by atoms with Crippen LogP contribution in [0.5, 0.6) is 0 Å². The molecule has 0 saturated heterocycles. The molecule has 0 aliphatic carbocycles. The monoisotopic (exact) mass is 286 g/mol. The second kappa shape index (κ2) is 6.62. The minimum absolute atomic E-state index is 0.0726. The van der Waals surface area contributed by atoms with Gasteiger partial charge in [0.25, 0.3) is 5.91 Å². The predicted octanol–water partition coefficient (Wildman–Crippen LogP) is 1.45. The molecule has 0 fully saturated rings. The Hall–Kier alpha value is -2.73. The largest absolute Gasteiger partial charge is 0.481 e. The minimum Gasteiger partial charge on any atom is -0.481 e. The van der Waals surface area contributed by atoms with E-state index in [9.17, 15) is 9.59 Å². The van der Waals surface area contributed by atoms with Gasteiger partial charge in [-0.15, -0.1) is 0 Å². The van der Waals surface area contributed by atoms with E-state index in [0.717, 1.165) is 5.56 Å². The fourth-order valence-corrected chi connectivity index (χ4v) is 1.72. The summed E-state index contributed by atoms with van der Waals surface area (Å²) in [5, 5.41) is 20.3. The van der Waals surface area contributed by atoms with Crippen molar-refractivity contribution in [2.45, 2.75) is 13.0 Å². The third kappa shape index (κ3) is 4.12. The summed E-state index contributed by atoms with van der Waals surface area (Å²) >= 11 is 0. The van der Waals surface area contributed by atoms with E-state index in [0.29, 0.717) is 16.9 Å². The Kier molecular flexibility index (Phi) is 4.63. The van der Waals surface area contributed by atoms with Crippen LogP contribution in [0.25, 0.3) is 0 Å². The molecule has 1 aromatic carbocycles. The molecule has 0 aliphatic rings. The van der Waals surface area contributed by atoms with Crippen molar-refractivity contribution in [3.63, 3.8) is 0 Å². The standard InChI is InChI=1S/C15H14N2O4/c18-9-10-1-3-11(4-2-10)15(21)17-13-6-5-12(16-8-13)7-14(19)20/h1-6,8,18H,7,9H2,(H,17,21)(H,19,20). The number of aliphatic hydroxyl groups excluding tert-OH is 1. The van der Waals surface area contributed by atoms with Crippen LogP contribution < -0.4 is 5.32 Å². The van der Waals surface area contributed by atoms with E-state index in [4.69, 9.17) is 10.2 Å². The lowest BCUT2D eigenvalue weighted by atomic mass is 10.1. The van der Waals surface area contributed by atoms with Crippen LogP contribution in [0, 0.1) is 0 Å². The number of pyridine rings is 1. The summed E-state index contributed by atoms with van der Waals surface area (Å²) in [4.78, 5) is 26.5. The van der Waals surface area contributed by atoms with E-state index in [2.05, 4.69) is 10.3 Å². The van der Waals surface area contributed by atoms with Crippen LogP contribution in [0.1, 0.15) is 21.6 Å². The molecule has 1 aromatic heterocycles. The van der Waals surface area contributed by atoms with E-state index in [1.54, 1.807) is 36.4 Å². The summed E-state index contributed by atoms with van der Waals surface area (Å²) in [6, 6.07) is 9.73. The molecule has 1 heterocycles. The molecule has 1 amide bonds. The van der Waals surface area contributed by atoms with Crippen molar-refractivity contribution in [1.29, 1.82) is 0 Å². The molecule has 0 atom stereocenters. The van der Waals surface area contributed by atoms with Crippen LogP contribution in [0.15, 0.2) is 42.6 Å². The first-order valence-electron chi connectivity index (χ1n) is 6.26. The van der Waals surface area contributed by atoms with Gasteiger partial charge in [-0.25, -0.2) is 0 Å². The maximum Gasteiger partial charge on any atom is 0.309 e. The number of aromatic nitrogens is 1. The number of aliphatic carboxylic acids is 1. The molecule has 108 valence electrons. The number of rotatable bonds is 5. The van der Waals surface area contributed by atoms with Crippen LogP contribution in [0.2, 0.25) is 0 Å². The molecule has 21 heavy (non-hydrogen) atoms. The molecule has 0 saturated carbocycles. The average Bonchev–Trinajstić information content (AvgIpc) is 2.49. The van der Waals surface area contributed by atoms with Gasteiger partial charge in [0.05, 0.1) is 30.6 Å². The quantitative estimate of drug-likeness (QED) is 0.772. The number of aliphatic hydroxyl groups is 1. The van der Waals surface area contributed by atoms with E-state index < -0.39 is 5.97 Å². The zero-order chi connectivity index (χ0) is 15.2. The lowest BCUT2D eigenvalue weighted by Gasteiger charge is -2.06. The summed E-state index contributed by atoms with van der Waals surface area (Å²) in [5.74, 6) is -1.25. The molecular formula is C15H14N2O4. The third-order valence-electron chi connectivity index (χ3n) is 2.81. The van der Waals surface area contributed by atoms with Crippen LogP contribution in [0.3, 0.4) is 0 Å². The Morgan fingerprint density at radius 3 is 2.33 bits per heavy atom. The molecule has 0 unspecified atom stereocenters. The fourth-order valence-electron chi connectivity index (χ4n) is 1.72. The number of carbonyl (C=O) groups excluding carboxylic acids is 1. The van der Waals surface area contributed by atoms with E-state index in [1.807, 2.05) is 0 Å². The van der Waals surface area contributed by atoms with Gasteiger partial charge in [-0.2, -0.15) is 0 Å². The number of amides is 1. The first-order valence-corrected chi connectivity index (χ1v) is 6.26. The Morgan fingerprint density at radius 1 is 1.10 bits per heavy atom. The maximum absolute atomic E-state index is 12.0. The van der Waals surface area contributed by atoms with E-state index in [1.165, 1.54) is 6.20 Å². The lowest BCUT2D eigenvalue weighted by Crippen LogP contribution is -2.12. The smallest absolute Gasteiger partial charge is 0.309 e. The molecule has 2 rings (SSSR count). The predicted molar refractivity (Wildman–Crippen MR) is 75.9 cm³/mol. The third-order valence-corrected chi connectivity index (χ3v) is 2.81. The van der Waals surface area contributed by atoms with Gasteiger partial charge < -0.3 is 15.5 Å². The van der Waals surface area contributed by atoms with Gasteiger partial charge in [0.15, 0.2) is 0 Å². The van der Waals surface area contributed by atoms with Crippen LogP contribution in [-0.4, -0.2) is 27.1 Å². The molecule has 6 nitrogen and oxygen atoms in total. The van der Waals surface area contributed by atoms with Crippen LogP contribution in [-0.2, 0) is 17.8 Å². The van der Waals surface area contributed by atoms with Crippen molar-refractivity contribution in [3.05, 3.63) is 59.4 Å². The summed E-state index contributed by atoms with van der Waals surface area (Å²) < 4.78 is 0. The molecule has 0 spiro atoms. The van der Waals surface area contributed by atoms with Crippen molar-refractivity contribution < 1.29 is 19.8 Å². The number of carboxylic acids is 1. The Balaban J connectivity index is 2.03. The summed E-state index contributed by atoms with van der Waals surface area (Å²) in [6.07, 6.45) is 1.26. The van der Waals surface area contributed by atoms with Crippen LogP contribution >= 0.6 is 0 Å². The highest BCUT2D eigenvalue weighted by Crippen LogP contribution is 2.10. The van der Waals surface area contributed by atoms with Crippen molar-refractivity contribution in [1.82, 2.24) is 4.98 Å². The van der Waals surface area contributed by atoms with Crippen molar-refractivity contribution >= 4 is 17.6 Å². The van der Waals surface area contributed by atoms with Crippen molar-refractivity contribution in [2.75, 3.05) is 5.32 Å². The van der Waals surface area contributed by atoms with Crippen molar-refractivity contribution in [2.24, 2.45) is 0 Å².